The molecule has 0 spiro atoms. The van der Waals surface area contributed by atoms with Gasteiger partial charge in [0.05, 0.1) is 10.5 Å². The van der Waals surface area contributed by atoms with E-state index in [1.54, 1.807) is 6.92 Å². The molecule has 0 aliphatic rings. The van der Waals surface area contributed by atoms with Crippen LogP contribution in [0.15, 0.2) is 52.9 Å². The summed E-state index contributed by atoms with van der Waals surface area (Å²) in [6.45, 7) is 1.58. The first-order chi connectivity index (χ1) is 11.0. The molecule has 0 N–H and O–H groups in total. The predicted octanol–water partition coefficient (Wildman–Crippen LogP) is 4.01. The number of nitro benzene ring substituents is 1. The summed E-state index contributed by atoms with van der Waals surface area (Å²) in [6, 6.07) is 13.4. The molecule has 0 aliphatic heterocycles. The zero-order valence-electron chi connectivity index (χ0n) is 12.3. The third kappa shape index (κ3) is 3.06. The topological polar surface area (TPSA) is 82.6 Å². The first-order valence-electron chi connectivity index (χ1n) is 6.94. The highest BCUT2D eigenvalue weighted by atomic mass is 16.6. The van der Waals surface area contributed by atoms with Gasteiger partial charge < -0.3 is 9.15 Å². The maximum absolute atomic E-state index is 12.0. The molecule has 0 saturated heterocycles. The van der Waals surface area contributed by atoms with E-state index < -0.39 is 10.9 Å². The van der Waals surface area contributed by atoms with Crippen molar-refractivity contribution in [3.05, 3.63) is 75.5 Å². The molecule has 3 aromatic rings. The second-order valence-corrected chi connectivity index (χ2v) is 5.09. The maximum atomic E-state index is 12.0. The van der Waals surface area contributed by atoms with Crippen molar-refractivity contribution in [3.63, 3.8) is 0 Å². The second-order valence-electron chi connectivity index (χ2n) is 5.09. The van der Waals surface area contributed by atoms with E-state index >= 15 is 0 Å². The van der Waals surface area contributed by atoms with Gasteiger partial charge in [0.15, 0.2) is 0 Å². The fourth-order valence-electron chi connectivity index (χ4n) is 2.32. The molecule has 0 aliphatic carbocycles. The lowest BCUT2D eigenvalue weighted by Gasteiger charge is -2.04. The molecule has 2 aromatic carbocycles. The minimum absolute atomic E-state index is 0.00352. The second kappa shape index (κ2) is 5.92. The lowest BCUT2D eigenvalue weighted by molar-refractivity contribution is -0.385. The van der Waals surface area contributed by atoms with Crippen molar-refractivity contribution < 1.29 is 18.9 Å². The number of carbonyl (C=O) groups is 1. The van der Waals surface area contributed by atoms with E-state index in [9.17, 15) is 14.9 Å². The Morgan fingerprint density at radius 2 is 2.00 bits per heavy atom. The molecule has 0 unspecified atom stereocenters. The molecule has 0 atom stereocenters. The van der Waals surface area contributed by atoms with Gasteiger partial charge in [-0.2, -0.15) is 0 Å². The minimum atomic E-state index is -0.552. The molecule has 0 radical (unpaired) electrons. The number of furan rings is 1. The normalized spacial score (nSPS) is 10.7. The van der Waals surface area contributed by atoms with Gasteiger partial charge in [-0.25, -0.2) is 4.79 Å². The highest BCUT2D eigenvalue weighted by Crippen LogP contribution is 2.21. The van der Waals surface area contributed by atoms with Crippen LogP contribution in [-0.2, 0) is 11.3 Å². The summed E-state index contributed by atoms with van der Waals surface area (Å²) in [4.78, 5) is 22.3. The third-order valence-electron chi connectivity index (χ3n) is 3.45. The molecule has 6 heteroatoms. The standard InChI is InChI=1S/C17H13NO5/c1-11-8-13(6-7-15(11)18(20)21)17(19)22-10-14-9-12-4-2-3-5-16(12)23-14/h2-9H,10H2,1H3. The van der Waals surface area contributed by atoms with Crippen LogP contribution in [0.3, 0.4) is 0 Å². The molecular weight excluding hydrogens is 298 g/mol. The van der Waals surface area contributed by atoms with Crippen molar-refractivity contribution in [2.45, 2.75) is 13.5 Å². The number of ether oxygens (including phenoxy) is 1. The van der Waals surface area contributed by atoms with E-state index in [4.69, 9.17) is 9.15 Å². The number of benzene rings is 2. The number of rotatable bonds is 4. The van der Waals surface area contributed by atoms with Crippen LogP contribution in [0.2, 0.25) is 0 Å². The molecular formula is C17H13NO5. The van der Waals surface area contributed by atoms with Gasteiger partial charge in [0, 0.05) is 17.0 Å². The van der Waals surface area contributed by atoms with Gasteiger partial charge in [-0.1, -0.05) is 18.2 Å². The number of esters is 1. The molecule has 0 bridgehead atoms. The summed E-state index contributed by atoms with van der Waals surface area (Å²) in [5.74, 6) is -0.0124. The number of para-hydroxylation sites is 1. The first-order valence-corrected chi connectivity index (χ1v) is 6.94. The van der Waals surface area contributed by atoms with E-state index in [-0.39, 0.29) is 17.9 Å². The third-order valence-corrected chi connectivity index (χ3v) is 3.45. The van der Waals surface area contributed by atoms with Crippen LogP contribution in [0.1, 0.15) is 21.7 Å². The Bertz CT molecular complexity index is 864. The van der Waals surface area contributed by atoms with Crippen LogP contribution in [0.25, 0.3) is 11.0 Å². The highest BCUT2D eigenvalue weighted by molar-refractivity contribution is 5.90. The maximum Gasteiger partial charge on any atom is 0.338 e. The summed E-state index contributed by atoms with van der Waals surface area (Å²) in [5.41, 5.74) is 1.38. The summed E-state index contributed by atoms with van der Waals surface area (Å²) in [6.07, 6.45) is 0. The molecule has 0 amide bonds. The Labute approximate surface area is 131 Å². The monoisotopic (exact) mass is 311 g/mol. The number of carbonyl (C=O) groups excluding carboxylic acids is 1. The Balaban J connectivity index is 1.71. The van der Waals surface area contributed by atoms with E-state index in [0.717, 1.165) is 11.0 Å². The zero-order chi connectivity index (χ0) is 16.4. The number of fused-ring (bicyclic) bond motifs is 1. The molecule has 0 saturated carbocycles. The van der Waals surface area contributed by atoms with Gasteiger partial charge in [-0.3, -0.25) is 10.1 Å². The fourth-order valence-corrected chi connectivity index (χ4v) is 2.32. The van der Waals surface area contributed by atoms with E-state index in [0.29, 0.717) is 11.3 Å². The van der Waals surface area contributed by atoms with Crippen LogP contribution in [0.5, 0.6) is 0 Å². The average Bonchev–Trinajstić information content (AvgIpc) is 2.95. The Morgan fingerprint density at radius 3 is 2.70 bits per heavy atom. The van der Waals surface area contributed by atoms with Gasteiger partial charge >= 0.3 is 5.97 Å². The summed E-state index contributed by atoms with van der Waals surface area (Å²) < 4.78 is 10.8. The number of hydrogen-bond donors (Lipinski definition) is 0. The molecule has 0 fully saturated rings. The molecule has 6 nitrogen and oxygen atoms in total. The van der Waals surface area contributed by atoms with Gasteiger partial charge in [0.1, 0.15) is 18.0 Å². The number of hydrogen-bond acceptors (Lipinski definition) is 5. The van der Waals surface area contributed by atoms with Crippen molar-refractivity contribution in [1.82, 2.24) is 0 Å². The molecule has 1 aromatic heterocycles. The van der Waals surface area contributed by atoms with Crippen LogP contribution < -0.4 is 0 Å². The van der Waals surface area contributed by atoms with Gasteiger partial charge in [0.2, 0.25) is 0 Å². The largest absolute Gasteiger partial charge is 0.457 e. The van der Waals surface area contributed by atoms with Crippen molar-refractivity contribution in [1.29, 1.82) is 0 Å². The van der Waals surface area contributed by atoms with Crippen molar-refractivity contribution in [2.24, 2.45) is 0 Å². The quantitative estimate of drug-likeness (QED) is 0.413. The SMILES string of the molecule is Cc1cc(C(=O)OCc2cc3ccccc3o2)ccc1[N+](=O)[O-]. The summed E-state index contributed by atoms with van der Waals surface area (Å²) >= 11 is 0. The van der Waals surface area contributed by atoms with E-state index in [2.05, 4.69) is 0 Å². The lowest BCUT2D eigenvalue weighted by atomic mass is 10.1. The Morgan fingerprint density at radius 1 is 1.22 bits per heavy atom. The highest BCUT2D eigenvalue weighted by Gasteiger charge is 2.15. The first kappa shape index (κ1) is 14.8. The lowest BCUT2D eigenvalue weighted by Crippen LogP contribution is -2.05. The van der Waals surface area contributed by atoms with E-state index in [1.807, 2.05) is 30.3 Å². The fraction of sp³-hybridized carbons (Fsp3) is 0.118. The predicted molar refractivity (Wildman–Crippen MR) is 83.2 cm³/mol. The van der Waals surface area contributed by atoms with Gasteiger partial charge in [0.25, 0.3) is 5.69 Å². The number of nitro groups is 1. The Kier molecular flexibility index (Phi) is 3.80. The van der Waals surface area contributed by atoms with Crippen LogP contribution in [-0.4, -0.2) is 10.9 Å². The molecule has 116 valence electrons. The Hall–Kier alpha value is -3.15. The number of aryl methyl sites for hydroxylation is 1. The number of nitrogens with zero attached hydrogens (tertiary/aromatic N) is 1. The van der Waals surface area contributed by atoms with Crippen LogP contribution in [0.4, 0.5) is 5.69 Å². The molecule has 1 heterocycles. The van der Waals surface area contributed by atoms with Gasteiger partial charge in [-0.15, -0.1) is 0 Å². The summed E-state index contributed by atoms with van der Waals surface area (Å²) in [7, 11) is 0. The summed E-state index contributed by atoms with van der Waals surface area (Å²) in [5, 5.41) is 11.7. The average molecular weight is 311 g/mol. The molecule has 3 rings (SSSR count). The van der Waals surface area contributed by atoms with Crippen LogP contribution >= 0.6 is 0 Å². The minimum Gasteiger partial charge on any atom is -0.457 e. The van der Waals surface area contributed by atoms with Crippen molar-refractivity contribution in [3.8, 4) is 0 Å². The zero-order valence-corrected chi connectivity index (χ0v) is 12.3. The van der Waals surface area contributed by atoms with Gasteiger partial charge in [-0.05, 0) is 31.2 Å². The van der Waals surface area contributed by atoms with Crippen molar-refractivity contribution in [2.75, 3.05) is 0 Å². The van der Waals surface area contributed by atoms with E-state index in [1.165, 1.54) is 18.2 Å². The van der Waals surface area contributed by atoms with Crippen LogP contribution in [0, 0.1) is 17.0 Å². The van der Waals surface area contributed by atoms with Crippen molar-refractivity contribution >= 4 is 22.6 Å². The smallest absolute Gasteiger partial charge is 0.338 e. The molecule has 23 heavy (non-hydrogen) atoms.